The molecule has 1 aromatic carbocycles. The van der Waals surface area contributed by atoms with Crippen molar-refractivity contribution >= 4 is 17.6 Å². The van der Waals surface area contributed by atoms with Gasteiger partial charge in [-0.05, 0) is 31.9 Å². The summed E-state index contributed by atoms with van der Waals surface area (Å²) >= 11 is 0. The fourth-order valence-corrected chi connectivity index (χ4v) is 2.51. The molecular weight excluding hydrogens is 266 g/mol. The Morgan fingerprint density at radius 2 is 1.67 bits per heavy atom. The van der Waals surface area contributed by atoms with Crippen molar-refractivity contribution in [1.82, 2.24) is 10.2 Å². The fraction of sp³-hybridized carbons (Fsp3) is 0.500. The number of nitrogens with one attached hydrogen (secondary N) is 2. The second-order valence-corrected chi connectivity index (χ2v) is 5.43. The molecule has 2 rings (SSSR count). The first kappa shape index (κ1) is 15.4. The van der Waals surface area contributed by atoms with Gasteiger partial charge in [-0.2, -0.15) is 0 Å². The quantitative estimate of drug-likeness (QED) is 0.898. The van der Waals surface area contributed by atoms with Crippen molar-refractivity contribution in [1.29, 1.82) is 0 Å². The second kappa shape index (κ2) is 7.67. The molecule has 5 nitrogen and oxygen atoms in total. The minimum absolute atomic E-state index is 0.000103. The number of nitrogens with zero attached hydrogens (tertiary/aromatic N) is 1. The summed E-state index contributed by atoms with van der Waals surface area (Å²) in [5.41, 5.74) is 0.712. The Hall–Kier alpha value is -2.04. The Balaban J connectivity index is 1.83. The summed E-state index contributed by atoms with van der Waals surface area (Å²) in [6, 6.07) is 8.34. The summed E-state index contributed by atoms with van der Waals surface area (Å²) in [5, 5.41) is 5.43. The molecule has 1 fully saturated rings. The topological polar surface area (TPSA) is 61.4 Å². The van der Waals surface area contributed by atoms with Gasteiger partial charge in [0.05, 0.1) is 0 Å². The lowest BCUT2D eigenvalue weighted by atomic mass is 10.2. The van der Waals surface area contributed by atoms with E-state index < -0.39 is 6.04 Å². The maximum absolute atomic E-state index is 12.3. The van der Waals surface area contributed by atoms with Gasteiger partial charge in [-0.25, -0.2) is 4.79 Å². The maximum Gasteiger partial charge on any atom is 0.319 e. The lowest BCUT2D eigenvalue weighted by molar-refractivity contribution is -0.132. The molecule has 3 amide bonds. The summed E-state index contributed by atoms with van der Waals surface area (Å²) in [6.45, 7) is 3.33. The van der Waals surface area contributed by atoms with Crippen molar-refractivity contribution in [3.8, 4) is 0 Å². The first-order valence-electron chi connectivity index (χ1n) is 7.58. The Kier molecular flexibility index (Phi) is 5.60. The lowest BCUT2D eigenvalue weighted by Crippen LogP contribution is -2.48. The van der Waals surface area contributed by atoms with E-state index in [1.54, 1.807) is 19.1 Å². The summed E-state index contributed by atoms with van der Waals surface area (Å²) in [5.74, 6) is 0.000103. The number of amides is 3. The van der Waals surface area contributed by atoms with Crippen molar-refractivity contribution in [2.45, 2.75) is 38.6 Å². The zero-order chi connectivity index (χ0) is 15.1. The van der Waals surface area contributed by atoms with Gasteiger partial charge in [0.25, 0.3) is 0 Å². The summed E-state index contributed by atoms with van der Waals surface area (Å²) in [6.07, 6.45) is 4.46. The third-order valence-corrected chi connectivity index (χ3v) is 3.67. The van der Waals surface area contributed by atoms with Crippen LogP contribution >= 0.6 is 0 Å². The van der Waals surface area contributed by atoms with Crippen molar-refractivity contribution in [3.05, 3.63) is 30.3 Å². The van der Waals surface area contributed by atoms with E-state index in [2.05, 4.69) is 10.6 Å². The molecule has 0 aromatic heterocycles. The van der Waals surface area contributed by atoms with E-state index in [9.17, 15) is 9.59 Å². The van der Waals surface area contributed by atoms with E-state index in [-0.39, 0.29) is 11.9 Å². The van der Waals surface area contributed by atoms with Gasteiger partial charge in [0.15, 0.2) is 0 Å². The molecule has 1 aliphatic rings. The Labute approximate surface area is 125 Å². The highest BCUT2D eigenvalue weighted by Gasteiger charge is 2.22. The average molecular weight is 289 g/mol. The molecule has 0 radical (unpaired) electrons. The summed E-state index contributed by atoms with van der Waals surface area (Å²) < 4.78 is 0. The first-order valence-corrected chi connectivity index (χ1v) is 7.58. The lowest BCUT2D eigenvalue weighted by Gasteiger charge is -2.24. The zero-order valence-corrected chi connectivity index (χ0v) is 12.5. The van der Waals surface area contributed by atoms with E-state index in [1.165, 1.54) is 12.8 Å². The molecule has 0 saturated carbocycles. The van der Waals surface area contributed by atoms with Crippen LogP contribution in [-0.2, 0) is 4.79 Å². The molecule has 1 aromatic rings. The summed E-state index contributed by atoms with van der Waals surface area (Å²) in [7, 11) is 0. The van der Waals surface area contributed by atoms with Gasteiger partial charge < -0.3 is 15.5 Å². The Morgan fingerprint density at radius 3 is 2.29 bits per heavy atom. The van der Waals surface area contributed by atoms with Crippen molar-refractivity contribution in [2.75, 3.05) is 18.4 Å². The molecule has 0 aliphatic carbocycles. The number of hydrogen-bond donors (Lipinski definition) is 2. The number of carbonyl (C=O) groups is 2. The molecule has 2 N–H and O–H groups in total. The van der Waals surface area contributed by atoms with E-state index >= 15 is 0 Å². The second-order valence-electron chi connectivity index (χ2n) is 5.43. The van der Waals surface area contributed by atoms with Crippen LogP contribution in [-0.4, -0.2) is 36.0 Å². The van der Waals surface area contributed by atoms with Crippen molar-refractivity contribution < 1.29 is 9.59 Å². The molecule has 0 unspecified atom stereocenters. The van der Waals surface area contributed by atoms with E-state index in [4.69, 9.17) is 0 Å². The number of carbonyl (C=O) groups excluding carboxylic acids is 2. The van der Waals surface area contributed by atoms with Gasteiger partial charge in [-0.3, -0.25) is 4.79 Å². The average Bonchev–Trinajstić information content (AvgIpc) is 2.76. The van der Waals surface area contributed by atoms with Crippen LogP contribution in [0.3, 0.4) is 0 Å². The van der Waals surface area contributed by atoms with Crippen LogP contribution in [0.4, 0.5) is 10.5 Å². The highest BCUT2D eigenvalue weighted by atomic mass is 16.2. The van der Waals surface area contributed by atoms with Crippen LogP contribution in [0.25, 0.3) is 0 Å². The van der Waals surface area contributed by atoms with Crippen LogP contribution in [0.2, 0.25) is 0 Å². The number of para-hydroxylation sites is 1. The van der Waals surface area contributed by atoms with Crippen molar-refractivity contribution in [3.63, 3.8) is 0 Å². The van der Waals surface area contributed by atoms with Crippen LogP contribution in [0.1, 0.15) is 32.6 Å². The van der Waals surface area contributed by atoms with Gasteiger partial charge in [-0.15, -0.1) is 0 Å². The molecule has 0 bridgehead atoms. The smallest absolute Gasteiger partial charge is 0.319 e. The number of urea groups is 1. The standard InChI is InChI=1S/C16H23N3O2/c1-13(15(20)19-11-7-2-3-8-12-19)17-16(21)18-14-9-5-4-6-10-14/h4-6,9-10,13H,2-3,7-8,11-12H2,1H3,(H2,17,18,21)/t13-/m1/s1. The number of anilines is 1. The fourth-order valence-electron chi connectivity index (χ4n) is 2.51. The first-order chi connectivity index (χ1) is 10.2. The van der Waals surface area contributed by atoms with Crippen LogP contribution in [0.15, 0.2) is 30.3 Å². The largest absolute Gasteiger partial charge is 0.341 e. The molecule has 114 valence electrons. The molecule has 1 aliphatic heterocycles. The third kappa shape index (κ3) is 4.77. The predicted octanol–water partition coefficient (Wildman–Crippen LogP) is 2.60. The zero-order valence-electron chi connectivity index (χ0n) is 12.5. The van der Waals surface area contributed by atoms with Gasteiger partial charge in [-0.1, -0.05) is 31.0 Å². The van der Waals surface area contributed by atoms with E-state index in [0.29, 0.717) is 5.69 Å². The Morgan fingerprint density at radius 1 is 1.05 bits per heavy atom. The minimum Gasteiger partial charge on any atom is -0.341 e. The summed E-state index contributed by atoms with van der Waals surface area (Å²) in [4.78, 5) is 26.1. The number of rotatable bonds is 3. The maximum atomic E-state index is 12.3. The predicted molar refractivity (Wildman–Crippen MR) is 83.1 cm³/mol. The molecular formula is C16H23N3O2. The van der Waals surface area contributed by atoms with Gasteiger partial charge in [0.1, 0.15) is 6.04 Å². The van der Waals surface area contributed by atoms with Crippen LogP contribution < -0.4 is 10.6 Å². The van der Waals surface area contributed by atoms with Gasteiger partial charge >= 0.3 is 6.03 Å². The molecule has 0 spiro atoms. The highest BCUT2D eigenvalue weighted by Crippen LogP contribution is 2.11. The Bertz CT molecular complexity index is 468. The highest BCUT2D eigenvalue weighted by molar-refractivity contribution is 5.93. The van der Waals surface area contributed by atoms with Crippen molar-refractivity contribution in [2.24, 2.45) is 0 Å². The number of benzene rings is 1. The molecule has 1 heterocycles. The molecule has 5 heteroatoms. The molecule has 1 atom stereocenters. The SMILES string of the molecule is C[C@@H](NC(=O)Nc1ccccc1)C(=O)N1CCCCCC1. The van der Waals surface area contributed by atoms with Crippen LogP contribution in [0.5, 0.6) is 0 Å². The van der Waals surface area contributed by atoms with E-state index in [1.807, 2.05) is 23.1 Å². The normalized spacial score (nSPS) is 16.7. The van der Waals surface area contributed by atoms with Gasteiger partial charge in [0.2, 0.25) is 5.91 Å². The molecule has 1 saturated heterocycles. The monoisotopic (exact) mass is 289 g/mol. The third-order valence-electron chi connectivity index (χ3n) is 3.67. The molecule has 21 heavy (non-hydrogen) atoms. The van der Waals surface area contributed by atoms with E-state index in [0.717, 1.165) is 25.9 Å². The number of hydrogen-bond acceptors (Lipinski definition) is 2. The number of likely N-dealkylation sites (tertiary alicyclic amines) is 1. The van der Waals surface area contributed by atoms with Gasteiger partial charge in [0, 0.05) is 18.8 Å². The minimum atomic E-state index is -0.508. The van der Waals surface area contributed by atoms with Crippen LogP contribution in [0, 0.1) is 0 Å².